The fraction of sp³-hybridized carbons (Fsp3) is 0.148. The molecule has 2 aromatic carbocycles. The Bertz CT molecular complexity index is 1580. The zero-order valence-electron chi connectivity index (χ0n) is 20.5. The molecule has 0 spiro atoms. The third-order valence-electron chi connectivity index (χ3n) is 5.89. The summed E-state index contributed by atoms with van der Waals surface area (Å²) in [6.07, 6.45) is 2.22. The van der Waals surface area contributed by atoms with Gasteiger partial charge >= 0.3 is 5.97 Å². The number of anilines is 2. The summed E-state index contributed by atoms with van der Waals surface area (Å²) >= 11 is 16.1. The lowest BCUT2D eigenvalue weighted by molar-refractivity contribution is -0.138. The number of hydrogen-bond acceptors (Lipinski definition) is 6. The highest BCUT2D eigenvalue weighted by atomic mass is 79.9. The van der Waals surface area contributed by atoms with E-state index in [1.807, 2.05) is 0 Å². The number of benzene rings is 2. The van der Waals surface area contributed by atoms with Crippen molar-refractivity contribution in [3.05, 3.63) is 97.7 Å². The van der Waals surface area contributed by atoms with Gasteiger partial charge in [0.1, 0.15) is 16.5 Å². The van der Waals surface area contributed by atoms with Crippen LogP contribution >= 0.6 is 39.1 Å². The Kier molecular flexibility index (Phi) is 8.81. The molecule has 1 unspecified atom stereocenters. The number of pyridine rings is 1. The molecule has 0 fully saturated rings. The van der Waals surface area contributed by atoms with E-state index in [1.54, 1.807) is 61.7 Å². The fourth-order valence-electron chi connectivity index (χ4n) is 4.18. The Morgan fingerprint density at radius 3 is 2.59 bits per heavy atom. The molecule has 200 valence electrons. The smallest absolute Gasteiger partial charge is 0.320 e. The first-order valence-corrected chi connectivity index (χ1v) is 13.1. The van der Waals surface area contributed by atoms with Gasteiger partial charge in [0.25, 0.3) is 0 Å². The number of hydrogen-bond donors (Lipinski definition) is 2. The molecule has 2 heterocycles. The molecule has 0 aliphatic heterocycles. The summed E-state index contributed by atoms with van der Waals surface area (Å²) in [6, 6.07) is 14.0. The third kappa shape index (κ3) is 6.36. The van der Waals surface area contributed by atoms with Crippen LogP contribution in [0.1, 0.15) is 27.0 Å². The molecule has 0 radical (unpaired) electrons. The van der Waals surface area contributed by atoms with Crippen molar-refractivity contribution in [2.45, 2.75) is 25.8 Å². The maximum atomic E-state index is 13.7. The van der Waals surface area contributed by atoms with Gasteiger partial charge in [0.15, 0.2) is 11.6 Å². The molecule has 3 N–H and O–H groups in total. The number of halogens is 3. The van der Waals surface area contributed by atoms with Gasteiger partial charge in [-0.15, -0.1) is 0 Å². The number of carboxylic acids is 1. The third-order valence-corrected chi connectivity index (χ3v) is 6.79. The van der Waals surface area contributed by atoms with E-state index in [-0.39, 0.29) is 24.2 Å². The highest BCUT2D eigenvalue weighted by Gasteiger charge is 2.26. The number of aryl methyl sites for hydroxylation is 1. The molecule has 0 aliphatic rings. The van der Waals surface area contributed by atoms with Gasteiger partial charge in [0.05, 0.1) is 10.7 Å². The molecule has 12 heteroatoms. The summed E-state index contributed by atoms with van der Waals surface area (Å²) in [5.74, 6) is -0.824. The predicted octanol–water partition coefficient (Wildman–Crippen LogP) is 5.32. The first-order valence-electron chi connectivity index (χ1n) is 11.6. The van der Waals surface area contributed by atoms with Crippen molar-refractivity contribution in [3.63, 3.8) is 0 Å². The minimum atomic E-state index is -1.11. The maximum absolute atomic E-state index is 13.7. The van der Waals surface area contributed by atoms with E-state index < -0.39 is 12.0 Å². The zero-order chi connectivity index (χ0) is 28.3. The van der Waals surface area contributed by atoms with Gasteiger partial charge in [0, 0.05) is 29.3 Å². The van der Waals surface area contributed by atoms with Gasteiger partial charge in [-0.05, 0) is 70.2 Å². The van der Waals surface area contributed by atoms with E-state index in [4.69, 9.17) is 34.0 Å². The van der Waals surface area contributed by atoms with Crippen molar-refractivity contribution in [2.24, 2.45) is 5.73 Å². The van der Waals surface area contributed by atoms with Crippen molar-refractivity contribution < 1.29 is 19.5 Å². The van der Waals surface area contributed by atoms with Crippen molar-refractivity contribution in [3.8, 4) is 5.82 Å². The number of nitrogens with two attached hydrogens (primary N) is 1. The topological polar surface area (TPSA) is 131 Å². The first-order chi connectivity index (χ1) is 18.6. The number of aromatic nitrogens is 3. The summed E-state index contributed by atoms with van der Waals surface area (Å²) < 4.78 is 1.82. The number of carbonyl (C=O) groups is 3. The predicted molar refractivity (Wildman–Crippen MR) is 152 cm³/mol. The van der Waals surface area contributed by atoms with Crippen LogP contribution in [0.15, 0.2) is 65.4 Å². The molecular formula is C27H22BrCl2N5O4. The Balaban J connectivity index is 1.76. The molecular weight excluding hydrogens is 609 g/mol. The van der Waals surface area contributed by atoms with Gasteiger partial charge in [-0.25, -0.2) is 4.98 Å². The van der Waals surface area contributed by atoms with E-state index in [9.17, 15) is 14.4 Å². The van der Waals surface area contributed by atoms with Crippen molar-refractivity contribution in [1.29, 1.82) is 0 Å². The van der Waals surface area contributed by atoms with Crippen LogP contribution in [-0.4, -0.2) is 44.1 Å². The number of carbonyl (C=O) groups excluding carboxylic acids is 2. The highest BCUT2D eigenvalue weighted by Crippen LogP contribution is 2.36. The standard InChI is InChI=1S/C27H22BrCl2N5O4/c1-15-8-18(29)12-19(22(37)11-17-5-2-4-16(9-17)10-21(31)27(38)39)25(15)34(14-36)24-13-23(28)33-35(24)26-20(30)6-3-7-32-26/h2-9,12-14,21H,10-11,31H2,1H3,(H,38,39). The number of carboxylic acid groups (broad SMARTS) is 1. The summed E-state index contributed by atoms with van der Waals surface area (Å²) in [5.41, 5.74) is 8.14. The largest absolute Gasteiger partial charge is 0.480 e. The second kappa shape index (κ2) is 12.1. The van der Waals surface area contributed by atoms with E-state index in [2.05, 4.69) is 26.0 Å². The molecule has 9 nitrogen and oxygen atoms in total. The van der Waals surface area contributed by atoms with Crippen molar-refractivity contribution in [2.75, 3.05) is 4.90 Å². The maximum Gasteiger partial charge on any atom is 0.320 e. The Hall–Kier alpha value is -3.57. The monoisotopic (exact) mass is 629 g/mol. The molecule has 1 amide bonds. The fourth-order valence-corrected chi connectivity index (χ4v) is 5.02. The zero-order valence-corrected chi connectivity index (χ0v) is 23.6. The van der Waals surface area contributed by atoms with Crippen molar-refractivity contribution >= 4 is 68.8 Å². The summed E-state index contributed by atoms with van der Waals surface area (Å²) in [7, 11) is 0. The number of nitrogens with zero attached hydrogens (tertiary/aromatic N) is 4. The van der Waals surface area contributed by atoms with Gasteiger partial charge in [0.2, 0.25) is 6.41 Å². The molecule has 4 aromatic rings. The highest BCUT2D eigenvalue weighted by molar-refractivity contribution is 9.10. The number of rotatable bonds is 10. The van der Waals surface area contributed by atoms with Gasteiger partial charge in [-0.1, -0.05) is 47.5 Å². The minimum absolute atomic E-state index is 0.0232. The first kappa shape index (κ1) is 28.4. The van der Waals surface area contributed by atoms with E-state index in [0.717, 1.165) is 0 Å². The molecule has 0 saturated carbocycles. The average Bonchev–Trinajstić information content (AvgIpc) is 3.26. The van der Waals surface area contributed by atoms with Gasteiger partial charge < -0.3 is 10.8 Å². The number of amides is 1. The second-order valence-corrected chi connectivity index (χ2v) is 10.4. The van der Waals surface area contributed by atoms with E-state index in [0.29, 0.717) is 55.1 Å². The van der Waals surface area contributed by atoms with E-state index >= 15 is 0 Å². The molecule has 2 aromatic heterocycles. The number of aliphatic carboxylic acids is 1. The average molecular weight is 631 g/mol. The summed E-state index contributed by atoms with van der Waals surface area (Å²) in [5, 5.41) is 14.2. The molecule has 0 aliphatic carbocycles. The van der Waals surface area contributed by atoms with Crippen LogP contribution in [0.25, 0.3) is 5.82 Å². The van der Waals surface area contributed by atoms with Crippen LogP contribution in [-0.2, 0) is 22.4 Å². The molecule has 0 bridgehead atoms. The Morgan fingerprint density at radius 1 is 1.15 bits per heavy atom. The lowest BCUT2D eigenvalue weighted by Gasteiger charge is -2.23. The lowest BCUT2D eigenvalue weighted by Crippen LogP contribution is -2.32. The SMILES string of the molecule is Cc1cc(Cl)cc(C(=O)Cc2cccc(CC(N)C(=O)O)c2)c1N(C=O)c1cc(Br)nn1-c1ncccc1Cl. The molecule has 0 saturated heterocycles. The van der Waals surface area contributed by atoms with Gasteiger partial charge in [-0.2, -0.15) is 9.78 Å². The van der Waals surface area contributed by atoms with Crippen LogP contribution in [0.4, 0.5) is 11.5 Å². The number of ketones is 1. The summed E-state index contributed by atoms with van der Waals surface area (Å²) in [6.45, 7) is 1.74. The quantitative estimate of drug-likeness (QED) is 0.179. The molecule has 39 heavy (non-hydrogen) atoms. The van der Waals surface area contributed by atoms with Crippen molar-refractivity contribution in [1.82, 2.24) is 14.8 Å². The Labute approximate surface area is 242 Å². The summed E-state index contributed by atoms with van der Waals surface area (Å²) in [4.78, 5) is 43.0. The van der Waals surface area contributed by atoms with Crippen LogP contribution in [0.3, 0.4) is 0 Å². The lowest BCUT2D eigenvalue weighted by atomic mass is 9.96. The van der Waals surface area contributed by atoms with Crippen LogP contribution < -0.4 is 10.6 Å². The van der Waals surface area contributed by atoms with Crippen LogP contribution in [0, 0.1) is 6.92 Å². The minimum Gasteiger partial charge on any atom is -0.480 e. The second-order valence-electron chi connectivity index (χ2n) is 8.71. The molecule has 1 atom stereocenters. The number of Topliss-reactive ketones (excluding diaryl/α,β-unsaturated/α-hetero) is 1. The van der Waals surface area contributed by atoms with E-state index in [1.165, 1.54) is 15.6 Å². The van der Waals surface area contributed by atoms with Gasteiger partial charge in [-0.3, -0.25) is 19.3 Å². The normalized spacial score (nSPS) is 11.7. The Morgan fingerprint density at radius 2 is 1.90 bits per heavy atom. The van der Waals surface area contributed by atoms with Crippen LogP contribution in [0.5, 0.6) is 0 Å². The molecule has 4 rings (SSSR count). The van der Waals surface area contributed by atoms with Crippen LogP contribution in [0.2, 0.25) is 10.0 Å².